The monoisotopic (exact) mass is 151 g/mol. The molecule has 3 heteroatoms. The van der Waals surface area contributed by atoms with Gasteiger partial charge in [-0.3, -0.25) is 0 Å². The van der Waals surface area contributed by atoms with Crippen molar-refractivity contribution >= 4 is 11.6 Å². The van der Waals surface area contributed by atoms with E-state index >= 15 is 0 Å². The minimum absolute atomic E-state index is 0.221. The molecule has 0 unspecified atom stereocenters. The predicted octanol–water partition coefficient (Wildman–Crippen LogP) is 0.573. The van der Waals surface area contributed by atoms with Crippen LogP contribution in [0.3, 0.4) is 0 Å². The average molecular weight is 152 g/mol. The molecule has 0 heterocycles. The van der Waals surface area contributed by atoms with E-state index in [1.54, 1.807) is 0 Å². The van der Waals surface area contributed by atoms with E-state index in [2.05, 4.69) is 0 Å². The molecule has 0 saturated heterocycles. The fraction of sp³-hybridized carbons (Fsp3) is 1.00. The molecule has 0 rings (SSSR count). The van der Waals surface area contributed by atoms with Crippen LogP contribution in [0.5, 0.6) is 0 Å². The lowest BCUT2D eigenvalue weighted by Crippen LogP contribution is -2.16. The van der Waals surface area contributed by atoms with Crippen molar-refractivity contribution in [2.45, 2.75) is 12.8 Å². The first-order valence-electron chi connectivity index (χ1n) is 3.22. The number of hydrogen-bond donors (Lipinski definition) is 2. The molecule has 0 saturated carbocycles. The number of hydrogen-bond acceptors (Lipinski definition) is 2. The summed E-state index contributed by atoms with van der Waals surface area (Å²) in [6.07, 6.45) is 1.70. The fourth-order valence-electron chi connectivity index (χ4n) is 0.717. The van der Waals surface area contributed by atoms with Crippen LogP contribution in [-0.4, -0.2) is 24.1 Å². The molecule has 1 atom stereocenters. The first kappa shape index (κ1) is 9.21. The molecular weight excluding hydrogens is 138 g/mol. The Labute approximate surface area is 61.0 Å². The normalized spacial score (nSPS) is 13.7. The summed E-state index contributed by atoms with van der Waals surface area (Å²) < 4.78 is 0. The standard InChI is InChI=1S/C6H14ClNO/c7-3-1-6(5-8)2-4-9/h6,9H,1-5,8H2/t6-/m0/s1. The van der Waals surface area contributed by atoms with Crippen LogP contribution >= 0.6 is 11.6 Å². The highest BCUT2D eigenvalue weighted by Crippen LogP contribution is 2.06. The molecular formula is C6H14ClNO. The maximum absolute atomic E-state index is 8.50. The third-order valence-corrected chi connectivity index (χ3v) is 1.61. The van der Waals surface area contributed by atoms with Gasteiger partial charge in [-0.1, -0.05) is 0 Å². The number of halogens is 1. The second-order valence-corrected chi connectivity index (χ2v) is 2.47. The summed E-state index contributed by atoms with van der Waals surface area (Å²) in [6.45, 7) is 0.853. The Morgan fingerprint density at radius 3 is 2.44 bits per heavy atom. The highest BCUT2D eigenvalue weighted by atomic mass is 35.5. The first-order chi connectivity index (χ1) is 4.35. The van der Waals surface area contributed by atoms with Crippen molar-refractivity contribution in [3.63, 3.8) is 0 Å². The summed E-state index contributed by atoms with van der Waals surface area (Å²) in [5.41, 5.74) is 5.38. The second kappa shape index (κ2) is 6.33. The molecule has 0 aromatic rings. The van der Waals surface area contributed by atoms with Crippen LogP contribution in [0.4, 0.5) is 0 Å². The van der Waals surface area contributed by atoms with Gasteiger partial charge in [0.05, 0.1) is 0 Å². The van der Waals surface area contributed by atoms with Crippen molar-refractivity contribution < 1.29 is 5.11 Å². The number of aliphatic hydroxyl groups is 1. The summed E-state index contributed by atoms with van der Waals surface area (Å²) in [4.78, 5) is 0. The lowest BCUT2D eigenvalue weighted by molar-refractivity contribution is 0.257. The molecule has 0 bridgehead atoms. The topological polar surface area (TPSA) is 46.2 Å². The number of rotatable bonds is 5. The summed E-state index contributed by atoms with van der Waals surface area (Å²) in [6, 6.07) is 0. The van der Waals surface area contributed by atoms with Crippen LogP contribution in [0, 0.1) is 5.92 Å². The minimum atomic E-state index is 0.221. The average Bonchev–Trinajstić information content (AvgIpc) is 1.88. The van der Waals surface area contributed by atoms with E-state index < -0.39 is 0 Å². The first-order valence-corrected chi connectivity index (χ1v) is 3.75. The molecule has 56 valence electrons. The van der Waals surface area contributed by atoms with Crippen molar-refractivity contribution in [2.24, 2.45) is 11.7 Å². The van der Waals surface area contributed by atoms with Crippen molar-refractivity contribution in [1.82, 2.24) is 0 Å². The van der Waals surface area contributed by atoms with Gasteiger partial charge in [-0.05, 0) is 25.3 Å². The van der Waals surface area contributed by atoms with E-state index in [9.17, 15) is 0 Å². The molecule has 3 N–H and O–H groups in total. The molecule has 0 aromatic carbocycles. The zero-order valence-corrected chi connectivity index (χ0v) is 6.27. The quantitative estimate of drug-likeness (QED) is 0.565. The summed E-state index contributed by atoms with van der Waals surface area (Å²) >= 11 is 5.47. The smallest absolute Gasteiger partial charge is 0.0434 e. The molecule has 0 fully saturated rings. The molecule has 0 aliphatic carbocycles. The van der Waals surface area contributed by atoms with Crippen molar-refractivity contribution in [3.05, 3.63) is 0 Å². The van der Waals surface area contributed by atoms with E-state index in [1.165, 1.54) is 0 Å². The lowest BCUT2D eigenvalue weighted by atomic mass is 10.0. The van der Waals surface area contributed by atoms with Crippen LogP contribution in [-0.2, 0) is 0 Å². The summed E-state index contributed by atoms with van der Waals surface area (Å²) in [7, 11) is 0. The van der Waals surface area contributed by atoms with Gasteiger partial charge in [0.2, 0.25) is 0 Å². The second-order valence-electron chi connectivity index (χ2n) is 2.09. The molecule has 0 spiro atoms. The molecule has 0 radical (unpaired) electrons. The van der Waals surface area contributed by atoms with Crippen LogP contribution in [0.2, 0.25) is 0 Å². The molecule has 2 nitrogen and oxygen atoms in total. The Bertz CT molecular complexity index is 55.0. The maximum Gasteiger partial charge on any atom is 0.0434 e. The third kappa shape index (κ3) is 4.70. The fourth-order valence-corrected chi connectivity index (χ4v) is 1.03. The Kier molecular flexibility index (Phi) is 6.48. The zero-order valence-electron chi connectivity index (χ0n) is 5.52. The Hall–Kier alpha value is 0.210. The molecule has 0 aliphatic rings. The largest absolute Gasteiger partial charge is 0.396 e. The van der Waals surface area contributed by atoms with Gasteiger partial charge in [0.25, 0.3) is 0 Å². The van der Waals surface area contributed by atoms with Gasteiger partial charge in [-0.15, -0.1) is 11.6 Å². The van der Waals surface area contributed by atoms with E-state index in [1.807, 2.05) is 0 Å². The van der Waals surface area contributed by atoms with Crippen molar-refractivity contribution in [2.75, 3.05) is 19.0 Å². The zero-order chi connectivity index (χ0) is 7.11. The van der Waals surface area contributed by atoms with Gasteiger partial charge < -0.3 is 10.8 Å². The number of nitrogens with two attached hydrogens (primary N) is 1. The summed E-state index contributed by atoms with van der Waals surface area (Å²) in [5, 5.41) is 8.50. The molecule has 0 amide bonds. The van der Waals surface area contributed by atoms with Crippen LogP contribution in [0.15, 0.2) is 0 Å². The van der Waals surface area contributed by atoms with Gasteiger partial charge >= 0.3 is 0 Å². The third-order valence-electron chi connectivity index (χ3n) is 1.39. The van der Waals surface area contributed by atoms with E-state index in [4.69, 9.17) is 22.4 Å². The number of alkyl halides is 1. The van der Waals surface area contributed by atoms with Crippen LogP contribution < -0.4 is 5.73 Å². The van der Waals surface area contributed by atoms with Crippen LogP contribution in [0.1, 0.15) is 12.8 Å². The highest BCUT2D eigenvalue weighted by molar-refractivity contribution is 6.17. The van der Waals surface area contributed by atoms with Crippen molar-refractivity contribution in [3.8, 4) is 0 Å². The lowest BCUT2D eigenvalue weighted by Gasteiger charge is -2.09. The van der Waals surface area contributed by atoms with Gasteiger partial charge in [-0.2, -0.15) is 0 Å². The highest BCUT2D eigenvalue weighted by Gasteiger charge is 2.03. The van der Waals surface area contributed by atoms with Gasteiger partial charge in [0.15, 0.2) is 0 Å². The van der Waals surface area contributed by atoms with Crippen molar-refractivity contribution in [1.29, 1.82) is 0 Å². The number of aliphatic hydroxyl groups excluding tert-OH is 1. The van der Waals surface area contributed by atoms with Gasteiger partial charge in [-0.25, -0.2) is 0 Å². The van der Waals surface area contributed by atoms with E-state index in [0.29, 0.717) is 18.3 Å². The van der Waals surface area contributed by atoms with Crippen LogP contribution in [0.25, 0.3) is 0 Å². The maximum atomic E-state index is 8.50. The molecule has 9 heavy (non-hydrogen) atoms. The predicted molar refractivity (Wildman–Crippen MR) is 39.6 cm³/mol. The van der Waals surface area contributed by atoms with Gasteiger partial charge in [0, 0.05) is 12.5 Å². The Balaban J connectivity index is 3.18. The minimum Gasteiger partial charge on any atom is -0.396 e. The Morgan fingerprint density at radius 2 is 2.11 bits per heavy atom. The van der Waals surface area contributed by atoms with Gasteiger partial charge in [0.1, 0.15) is 0 Å². The van der Waals surface area contributed by atoms with E-state index in [0.717, 1.165) is 12.8 Å². The molecule has 0 aliphatic heterocycles. The Morgan fingerprint density at radius 1 is 1.44 bits per heavy atom. The summed E-state index contributed by atoms with van der Waals surface area (Å²) in [5.74, 6) is 1.05. The molecule has 0 aromatic heterocycles. The van der Waals surface area contributed by atoms with E-state index in [-0.39, 0.29) is 6.61 Å². The SMILES string of the molecule is NC[C@H](CCO)CCCl.